The highest BCUT2D eigenvalue weighted by atomic mass is 32.2. The van der Waals surface area contributed by atoms with Crippen LogP contribution in [0.3, 0.4) is 0 Å². The summed E-state index contributed by atoms with van der Waals surface area (Å²) >= 11 is 3.07. The normalized spacial score (nSPS) is 14.4. The van der Waals surface area contributed by atoms with Gasteiger partial charge in [0.15, 0.2) is 4.34 Å². The van der Waals surface area contributed by atoms with Crippen molar-refractivity contribution in [3.63, 3.8) is 0 Å². The Bertz CT molecular complexity index is 503. The van der Waals surface area contributed by atoms with Gasteiger partial charge in [0.1, 0.15) is 5.01 Å². The molecule has 0 radical (unpaired) electrons. The van der Waals surface area contributed by atoms with E-state index in [1.54, 1.807) is 0 Å². The van der Waals surface area contributed by atoms with Crippen LogP contribution in [0.2, 0.25) is 0 Å². The molecule has 96 valence electrons. The molecule has 1 heterocycles. The predicted octanol–water partition coefficient (Wildman–Crippen LogP) is 1.79. The average molecular weight is 281 g/mol. The Hall–Kier alpha value is -0.950. The SMILES string of the molecule is Cc1nnc(SCC(N)(CO)c2ccccc2)s1. The standard InChI is InChI=1S/C12H15N3OS2/c1-9-14-15-11(18-9)17-8-12(13,7-16)10-5-3-2-4-6-10/h2-6,16H,7-8,13H2,1H3. The number of benzene rings is 1. The number of aliphatic hydroxyl groups excluding tert-OH is 1. The van der Waals surface area contributed by atoms with E-state index in [-0.39, 0.29) is 6.61 Å². The predicted molar refractivity (Wildman–Crippen MR) is 74.8 cm³/mol. The van der Waals surface area contributed by atoms with Gasteiger partial charge in [0.05, 0.1) is 12.1 Å². The molecule has 3 N–H and O–H groups in total. The highest BCUT2D eigenvalue weighted by molar-refractivity contribution is 8.01. The van der Waals surface area contributed by atoms with Crippen LogP contribution in [-0.2, 0) is 5.54 Å². The number of nitrogens with zero attached hydrogens (tertiary/aromatic N) is 2. The lowest BCUT2D eigenvalue weighted by molar-refractivity contribution is 0.213. The smallest absolute Gasteiger partial charge is 0.174 e. The lowest BCUT2D eigenvalue weighted by Crippen LogP contribution is -2.43. The van der Waals surface area contributed by atoms with E-state index >= 15 is 0 Å². The molecule has 0 saturated carbocycles. The van der Waals surface area contributed by atoms with Gasteiger partial charge in [-0.25, -0.2) is 0 Å². The lowest BCUT2D eigenvalue weighted by atomic mass is 9.94. The fourth-order valence-corrected chi connectivity index (χ4v) is 3.45. The van der Waals surface area contributed by atoms with Gasteiger partial charge in [0.25, 0.3) is 0 Å². The van der Waals surface area contributed by atoms with E-state index in [4.69, 9.17) is 5.73 Å². The van der Waals surface area contributed by atoms with Gasteiger partial charge in [0.2, 0.25) is 0 Å². The molecule has 18 heavy (non-hydrogen) atoms. The summed E-state index contributed by atoms with van der Waals surface area (Å²) in [6.45, 7) is 1.82. The van der Waals surface area contributed by atoms with Crippen molar-refractivity contribution in [3.05, 3.63) is 40.9 Å². The summed E-state index contributed by atoms with van der Waals surface area (Å²) in [6, 6.07) is 9.64. The molecule has 1 atom stereocenters. The molecule has 1 unspecified atom stereocenters. The van der Waals surface area contributed by atoms with E-state index in [0.717, 1.165) is 14.9 Å². The van der Waals surface area contributed by atoms with Crippen LogP contribution in [0.4, 0.5) is 0 Å². The van der Waals surface area contributed by atoms with Gasteiger partial charge in [-0.1, -0.05) is 53.4 Å². The molecule has 0 aliphatic rings. The minimum Gasteiger partial charge on any atom is -0.394 e. The van der Waals surface area contributed by atoms with Crippen molar-refractivity contribution in [2.45, 2.75) is 16.8 Å². The molecule has 2 rings (SSSR count). The first-order valence-corrected chi connectivity index (χ1v) is 7.32. The van der Waals surface area contributed by atoms with E-state index in [0.29, 0.717) is 5.75 Å². The number of rotatable bonds is 5. The summed E-state index contributed by atoms with van der Waals surface area (Å²) < 4.78 is 0.881. The number of hydrogen-bond acceptors (Lipinski definition) is 6. The third-order valence-electron chi connectivity index (χ3n) is 2.59. The Morgan fingerprint density at radius 3 is 2.61 bits per heavy atom. The number of aromatic nitrogens is 2. The maximum absolute atomic E-state index is 9.55. The Morgan fingerprint density at radius 2 is 2.06 bits per heavy atom. The van der Waals surface area contributed by atoms with Crippen LogP contribution in [-0.4, -0.2) is 27.7 Å². The van der Waals surface area contributed by atoms with Crippen molar-refractivity contribution in [2.24, 2.45) is 5.73 Å². The summed E-state index contributed by atoms with van der Waals surface area (Å²) in [6.07, 6.45) is 0. The molecule has 4 nitrogen and oxygen atoms in total. The van der Waals surface area contributed by atoms with E-state index in [2.05, 4.69) is 10.2 Å². The zero-order chi connectivity index (χ0) is 13.0. The van der Waals surface area contributed by atoms with Crippen LogP contribution in [0, 0.1) is 6.92 Å². The van der Waals surface area contributed by atoms with Crippen molar-refractivity contribution < 1.29 is 5.11 Å². The van der Waals surface area contributed by atoms with Crippen molar-refractivity contribution >= 4 is 23.1 Å². The third kappa shape index (κ3) is 3.08. The van der Waals surface area contributed by atoms with Gasteiger partial charge in [-0.05, 0) is 12.5 Å². The molecule has 0 aliphatic carbocycles. The van der Waals surface area contributed by atoms with Crippen molar-refractivity contribution in [1.29, 1.82) is 0 Å². The maximum atomic E-state index is 9.55. The molecule has 0 amide bonds. The minimum atomic E-state index is -0.745. The fourth-order valence-electron chi connectivity index (χ4n) is 1.52. The Morgan fingerprint density at radius 1 is 1.33 bits per heavy atom. The highest BCUT2D eigenvalue weighted by Crippen LogP contribution is 2.29. The van der Waals surface area contributed by atoms with Crippen molar-refractivity contribution in [3.8, 4) is 0 Å². The average Bonchev–Trinajstić information content (AvgIpc) is 2.83. The van der Waals surface area contributed by atoms with Crippen molar-refractivity contribution in [1.82, 2.24) is 10.2 Å². The van der Waals surface area contributed by atoms with Crippen LogP contribution in [0.5, 0.6) is 0 Å². The molecule has 1 aromatic heterocycles. The first-order chi connectivity index (χ1) is 8.64. The zero-order valence-electron chi connectivity index (χ0n) is 10.0. The summed E-state index contributed by atoms with van der Waals surface area (Å²) in [7, 11) is 0. The molecular formula is C12H15N3OS2. The van der Waals surface area contributed by atoms with Gasteiger partial charge in [-0.3, -0.25) is 0 Å². The molecule has 0 spiro atoms. The quantitative estimate of drug-likeness (QED) is 0.817. The number of thioether (sulfide) groups is 1. The molecule has 2 aromatic rings. The lowest BCUT2D eigenvalue weighted by Gasteiger charge is -2.26. The van der Waals surface area contributed by atoms with Crippen LogP contribution >= 0.6 is 23.1 Å². The Kier molecular flexibility index (Phi) is 4.34. The molecule has 0 bridgehead atoms. The number of aliphatic hydroxyl groups is 1. The van der Waals surface area contributed by atoms with Gasteiger partial charge in [0, 0.05) is 5.75 Å². The molecule has 0 saturated heterocycles. The molecule has 6 heteroatoms. The Labute approximate surface area is 114 Å². The summed E-state index contributed by atoms with van der Waals surface area (Å²) in [5.41, 5.74) is 6.45. The molecule has 0 fully saturated rings. The van der Waals surface area contributed by atoms with Gasteiger partial charge in [-0.2, -0.15) is 0 Å². The minimum absolute atomic E-state index is 0.0954. The second-order valence-electron chi connectivity index (χ2n) is 4.06. The summed E-state index contributed by atoms with van der Waals surface area (Å²) in [5.74, 6) is 0.572. The summed E-state index contributed by atoms with van der Waals surface area (Å²) in [4.78, 5) is 0. The zero-order valence-corrected chi connectivity index (χ0v) is 11.7. The van der Waals surface area contributed by atoms with E-state index in [1.807, 2.05) is 37.3 Å². The van der Waals surface area contributed by atoms with E-state index in [9.17, 15) is 5.11 Å². The fraction of sp³-hybridized carbons (Fsp3) is 0.333. The third-order valence-corrected chi connectivity index (χ3v) is 4.82. The second-order valence-corrected chi connectivity index (χ2v) is 6.46. The monoisotopic (exact) mass is 281 g/mol. The van der Waals surface area contributed by atoms with Crippen LogP contribution in [0.1, 0.15) is 10.6 Å². The first-order valence-electron chi connectivity index (χ1n) is 5.52. The maximum Gasteiger partial charge on any atom is 0.174 e. The van der Waals surface area contributed by atoms with Crippen LogP contribution in [0.25, 0.3) is 0 Å². The summed E-state index contributed by atoms with van der Waals surface area (Å²) in [5, 5.41) is 18.5. The number of aryl methyl sites for hydroxylation is 1. The number of hydrogen-bond donors (Lipinski definition) is 2. The van der Waals surface area contributed by atoms with Crippen LogP contribution < -0.4 is 5.73 Å². The van der Waals surface area contributed by atoms with Crippen LogP contribution in [0.15, 0.2) is 34.7 Å². The second kappa shape index (κ2) is 5.79. The molecular weight excluding hydrogens is 266 g/mol. The topological polar surface area (TPSA) is 72.0 Å². The van der Waals surface area contributed by atoms with E-state index < -0.39 is 5.54 Å². The number of nitrogens with two attached hydrogens (primary N) is 1. The highest BCUT2D eigenvalue weighted by Gasteiger charge is 2.27. The largest absolute Gasteiger partial charge is 0.394 e. The van der Waals surface area contributed by atoms with Gasteiger partial charge < -0.3 is 10.8 Å². The molecule has 0 aliphatic heterocycles. The van der Waals surface area contributed by atoms with Crippen molar-refractivity contribution in [2.75, 3.05) is 12.4 Å². The van der Waals surface area contributed by atoms with Gasteiger partial charge >= 0.3 is 0 Å². The molecule has 1 aromatic carbocycles. The van der Waals surface area contributed by atoms with E-state index in [1.165, 1.54) is 23.1 Å². The van der Waals surface area contributed by atoms with Gasteiger partial charge in [-0.15, -0.1) is 10.2 Å². The Balaban J connectivity index is 2.09. The first kappa shape index (κ1) is 13.5.